The first-order valence-electron chi connectivity index (χ1n) is 6.80. The predicted molar refractivity (Wildman–Crippen MR) is 83.6 cm³/mol. The fourth-order valence-electron chi connectivity index (χ4n) is 2.03. The number of hydrogen-bond acceptors (Lipinski definition) is 5. The zero-order valence-electron chi connectivity index (χ0n) is 13.4. The van der Waals surface area contributed by atoms with Crippen molar-refractivity contribution in [1.82, 2.24) is 0 Å². The van der Waals surface area contributed by atoms with Crippen molar-refractivity contribution in [3.05, 3.63) is 36.0 Å². The Bertz CT molecular complexity index is 660. The SMILES string of the molecule is COc1ccc(NC(=O)c2cc(OC)c(OC)c(OC)c2)c[nH+]1. The number of pyridine rings is 1. The van der Waals surface area contributed by atoms with Crippen LogP contribution in [0.15, 0.2) is 30.5 Å². The lowest BCUT2D eigenvalue weighted by molar-refractivity contribution is -0.392. The fourth-order valence-corrected chi connectivity index (χ4v) is 2.03. The molecule has 7 nitrogen and oxygen atoms in total. The normalized spacial score (nSPS) is 9.91. The second-order valence-corrected chi connectivity index (χ2v) is 4.51. The number of H-pyrrole nitrogens is 1. The summed E-state index contributed by atoms with van der Waals surface area (Å²) in [5.41, 5.74) is 0.986. The van der Waals surface area contributed by atoms with Crippen molar-refractivity contribution < 1.29 is 28.7 Å². The molecule has 0 unspecified atom stereocenters. The Labute approximate surface area is 134 Å². The number of carbonyl (C=O) groups excluding carboxylic acids is 1. The molecule has 23 heavy (non-hydrogen) atoms. The zero-order valence-corrected chi connectivity index (χ0v) is 13.4. The van der Waals surface area contributed by atoms with Crippen LogP contribution in [0.3, 0.4) is 0 Å². The van der Waals surface area contributed by atoms with E-state index in [1.165, 1.54) is 21.3 Å². The lowest BCUT2D eigenvalue weighted by Gasteiger charge is -2.13. The molecule has 7 heteroatoms. The molecule has 0 saturated heterocycles. The largest absolute Gasteiger partial charge is 0.493 e. The highest BCUT2D eigenvalue weighted by atomic mass is 16.5. The third-order valence-electron chi connectivity index (χ3n) is 3.19. The van der Waals surface area contributed by atoms with E-state index in [0.717, 1.165) is 0 Å². The molecule has 1 heterocycles. The summed E-state index contributed by atoms with van der Waals surface area (Å²) in [5, 5.41) is 2.77. The number of aromatic amines is 1. The molecule has 0 fully saturated rings. The molecule has 0 bridgehead atoms. The molecule has 1 aromatic heterocycles. The first-order chi connectivity index (χ1) is 11.1. The van der Waals surface area contributed by atoms with Gasteiger partial charge in [0.15, 0.2) is 17.7 Å². The minimum absolute atomic E-state index is 0.303. The van der Waals surface area contributed by atoms with E-state index < -0.39 is 0 Å². The van der Waals surface area contributed by atoms with Crippen molar-refractivity contribution in [3.8, 4) is 23.1 Å². The summed E-state index contributed by atoms with van der Waals surface area (Å²) in [7, 11) is 6.06. The molecule has 0 saturated carbocycles. The van der Waals surface area contributed by atoms with Crippen molar-refractivity contribution in [2.75, 3.05) is 33.8 Å². The number of amides is 1. The van der Waals surface area contributed by atoms with Crippen LogP contribution < -0.4 is 29.2 Å². The summed E-state index contributed by atoms with van der Waals surface area (Å²) in [6.07, 6.45) is 1.63. The van der Waals surface area contributed by atoms with Gasteiger partial charge in [0.2, 0.25) is 5.75 Å². The Morgan fingerprint density at radius 2 is 1.61 bits per heavy atom. The molecule has 0 atom stereocenters. The molecule has 1 amide bonds. The molecule has 0 aliphatic rings. The molecular weight excluding hydrogens is 300 g/mol. The average Bonchev–Trinajstić information content (AvgIpc) is 2.60. The average molecular weight is 319 g/mol. The summed E-state index contributed by atoms with van der Waals surface area (Å²) in [6.45, 7) is 0. The number of nitrogens with one attached hydrogen (secondary N) is 2. The van der Waals surface area contributed by atoms with E-state index in [1.807, 2.05) is 0 Å². The van der Waals surface area contributed by atoms with Gasteiger partial charge >= 0.3 is 5.88 Å². The molecule has 0 aliphatic heterocycles. The standard InChI is InChI=1S/C16H18N2O5/c1-20-12-7-10(8-13(21-2)15(12)23-4)16(19)18-11-5-6-14(22-3)17-9-11/h5-9H,1-4H3,(H,18,19)/p+1. The van der Waals surface area contributed by atoms with Gasteiger partial charge in [-0.3, -0.25) is 4.79 Å². The van der Waals surface area contributed by atoms with E-state index in [-0.39, 0.29) is 5.91 Å². The third kappa shape index (κ3) is 3.63. The molecule has 122 valence electrons. The quantitative estimate of drug-likeness (QED) is 0.878. The fraction of sp³-hybridized carbons (Fsp3) is 0.250. The van der Waals surface area contributed by atoms with Crippen LogP contribution in [-0.2, 0) is 0 Å². The molecule has 1 aromatic carbocycles. The molecule has 0 aliphatic carbocycles. The van der Waals surface area contributed by atoms with Crippen LogP contribution in [0.2, 0.25) is 0 Å². The number of carbonyl (C=O) groups is 1. The van der Waals surface area contributed by atoms with Crippen LogP contribution in [0, 0.1) is 0 Å². The number of anilines is 1. The van der Waals surface area contributed by atoms with Gasteiger partial charge in [0.1, 0.15) is 5.69 Å². The number of rotatable bonds is 6. The molecule has 2 rings (SSSR count). The maximum atomic E-state index is 12.4. The van der Waals surface area contributed by atoms with Gasteiger partial charge in [-0.2, -0.15) is 4.98 Å². The number of benzene rings is 1. The third-order valence-corrected chi connectivity index (χ3v) is 3.19. The van der Waals surface area contributed by atoms with Gasteiger partial charge in [-0.25, -0.2) is 0 Å². The minimum Gasteiger partial charge on any atom is -0.493 e. The van der Waals surface area contributed by atoms with Crippen LogP contribution in [-0.4, -0.2) is 34.3 Å². The van der Waals surface area contributed by atoms with Crippen LogP contribution in [0.5, 0.6) is 23.1 Å². The maximum absolute atomic E-state index is 12.4. The maximum Gasteiger partial charge on any atom is 0.365 e. The second-order valence-electron chi connectivity index (χ2n) is 4.51. The van der Waals surface area contributed by atoms with Crippen LogP contribution in [0.1, 0.15) is 10.4 Å². The second kappa shape index (κ2) is 7.35. The van der Waals surface area contributed by atoms with Crippen LogP contribution in [0.4, 0.5) is 5.69 Å². The highest BCUT2D eigenvalue weighted by molar-refractivity contribution is 6.05. The number of hydrogen-bond donors (Lipinski definition) is 1. The monoisotopic (exact) mass is 319 g/mol. The van der Waals surface area contributed by atoms with Crippen LogP contribution >= 0.6 is 0 Å². The Kier molecular flexibility index (Phi) is 5.24. The molecule has 2 aromatic rings. The van der Waals surface area contributed by atoms with Crippen molar-refractivity contribution in [2.24, 2.45) is 0 Å². The highest BCUT2D eigenvalue weighted by Crippen LogP contribution is 2.38. The van der Waals surface area contributed by atoms with Gasteiger partial charge in [-0.15, -0.1) is 0 Å². The van der Waals surface area contributed by atoms with Crippen molar-refractivity contribution in [3.63, 3.8) is 0 Å². The van der Waals surface area contributed by atoms with Crippen molar-refractivity contribution >= 4 is 11.6 Å². The first-order valence-corrected chi connectivity index (χ1v) is 6.80. The summed E-state index contributed by atoms with van der Waals surface area (Å²) in [5.74, 6) is 1.56. The zero-order chi connectivity index (χ0) is 16.8. The predicted octanol–water partition coefficient (Wildman–Crippen LogP) is 1.79. The summed E-state index contributed by atoms with van der Waals surface area (Å²) < 4.78 is 20.8. The highest BCUT2D eigenvalue weighted by Gasteiger charge is 2.17. The van der Waals surface area contributed by atoms with E-state index in [2.05, 4.69) is 10.3 Å². The lowest BCUT2D eigenvalue weighted by atomic mass is 10.1. The first kappa shape index (κ1) is 16.4. The molecule has 0 spiro atoms. The van der Waals surface area contributed by atoms with Gasteiger partial charge in [0, 0.05) is 5.56 Å². The van der Waals surface area contributed by atoms with E-state index in [9.17, 15) is 4.79 Å². The molecular formula is C16H19N2O5+. The van der Waals surface area contributed by atoms with E-state index >= 15 is 0 Å². The van der Waals surface area contributed by atoms with Gasteiger partial charge in [-0.1, -0.05) is 0 Å². The summed E-state index contributed by atoms with van der Waals surface area (Å²) in [6, 6.07) is 6.61. The van der Waals surface area contributed by atoms with Gasteiger partial charge in [-0.05, 0) is 18.2 Å². The van der Waals surface area contributed by atoms with Crippen LogP contribution in [0.25, 0.3) is 0 Å². The smallest absolute Gasteiger partial charge is 0.365 e. The Morgan fingerprint density at radius 3 is 2.04 bits per heavy atom. The number of aromatic nitrogens is 1. The molecule has 0 radical (unpaired) electrons. The molecule has 2 N–H and O–H groups in total. The summed E-state index contributed by atoms with van der Waals surface area (Å²) >= 11 is 0. The number of ether oxygens (including phenoxy) is 4. The Hall–Kier alpha value is -2.96. The minimum atomic E-state index is -0.303. The van der Waals surface area contributed by atoms with Crippen molar-refractivity contribution in [2.45, 2.75) is 0 Å². The van der Waals surface area contributed by atoms with Gasteiger partial charge in [0.05, 0.1) is 34.5 Å². The summed E-state index contributed by atoms with van der Waals surface area (Å²) in [4.78, 5) is 15.3. The van der Waals surface area contributed by atoms with E-state index in [1.54, 1.807) is 37.6 Å². The van der Waals surface area contributed by atoms with E-state index in [0.29, 0.717) is 34.4 Å². The number of methoxy groups -OCH3 is 4. The Morgan fingerprint density at radius 1 is 0.957 bits per heavy atom. The topological polar surface area (TPSA) is 80.2 Å². The van der Waals surface area contributed by atoms with Gasteiger partial charge in [0.25, 0.3) is 5.91 Å². The lowest BCUT2D eigenvalue weighted by Crippen LogP contribution is -2.15. The Balaban J connectivity index is 2.27. The van der Waals surface area contributed by atoms with Crippen molar-refractivity contribution in [1.29, 1.82) is 0 Å². The van der Waals surface area contributed by atoms with Gasteiger partial charge < -0.3 is 24.3 Å². The van der Waals surface area contributed by atoms with E-state index in [4.69, 9.17) is 18.9 Å².